The van der Waals surface area contributed by atoms with E-state index in [2.05, 4.69) is 15.9 Å². The van der Waals surface area contributed by atoms with Gasteiger partial charge in [-0.05, 0) is 22.0 Å². The summed E-state index contributed by atoms with van der Waals surface area (Å²) in [6, 6.07) is 0.802. The van der Waals surface area contributed by atoms with Crippen molar-refractivity contribution in [3.63, 3.8) is 0 Å². The van der Waals surface area contributed by atoms with Gasteiger partial charge >= 0.3 is 0 Å². The molecule has 0 aromatic heterocycles. The molecule has 7 heteroatoms. The number of nitrogen functional groups attached to an aromatic ring is 1. The van der Waals surface area contributed by atoms with Crippen LogP contribution in [0.4, 0.5) is 13.2 Å². The van der Waals surface area contributed by atoms with Gasteiger partial charge in [0.1, 0.15) is 0 Å². The first-order chi connectivity index (χ1) is 6.49. The van der Waals surface area contributed by atoms with Gasteiger partial charge in [0.25, 0.3) is 5.91 Å². The molecule has 1 amide bonds. The molecule has 0 aliphatic heterocycles. The number of nitrogens with one attached hydrogen (secondary N) is 1. The summed E-state index contributed by atoms with van der Waals surface area (Å²) >= 11 is 2.63. The zero-order chi connectivity index (χ0) is 10.9. The maximum atomic E-state index is 12.9. The number of nitrogens with two attached hydrogens (primary N) is 1. The molecule has 0 spiro atoms. The normalized spacial score (nSPS) is 10.1. The fourth-order valence-corrected chi connectivity index (χ4v) is 1.22. The maximum Gasteiger partial charge on any atom is 0.268 e. The first-order valence-corrected chi connectivity index (χ1v) is 4.12. The van der Waals surface area contributed by atoms with Gasteiger partial charge in [-0.2, -0.15) is 0 Å². The van der Waals surface area contributed by atoms with Crippen LogP contribution in [0.25, 0.3) is 0 Å². The van der Waals surface area contributed by atoms with Crippen LogP contribution in [-0.4, -0.2) is 5.91 Å². The topological polar surface area (TPSA) is 55.1 Å². The summed E-state index contributed by atoms with van der Waals surface area (Å²) < 4.78 is 38.0. The van der Waals surface area contributed by atoms with E-state index in [-0.39, 0.29) is 4.47 Å². The fraction of sp³-hybridized carbons (Fsp3) is 0. The number of rotatable bonds is 1. The first kappa shape index (κ1) is 11.0. The second-order valence-corrected chi connectivity index (χ2v) is 3.18. The Balaban J connectivity index is 3.40. The Morgan fingerprint density at radius 1 is 1.29 bits per heavy atom. The monoisotopic (exact) mass is 268 g/mol. The number of amides is 1. The van der Waals surface area contributed by atoms with E-state index in [4.69, 9.17) is 5.84 Å². The van der Waals surface area contributed by atoms with E-state index in [1.807, 2.05) is 0 Å². The van der Waals surface area contributed by atoms with Crippen LogP contribution in [0.5, 0.6) is 0 Å². The number of benzene rings is 1. The van der Waals surface area contributed by atoms with Crippen LogP contribution in [0.3, 0.4) is 0 Å². The van der Waals surface area contributed by atoms with Crippen molar-refractivity contribution >= 4 is 21.8 Å². The summed E-state index contributed by atoms with van der Waals surface area (Å²) in [4.78, 5) is 10.9. The van der Waals surface area contributed by atoms with E-state index >= 15 is 0 Å². The van der Waals surface area contributed by atoms with Crippen LogP contribution in [0.1, 0.15) is 10.4 Å². The Morgan fingerprint density at radius 3 is 2.36 bits per heavy atom. The molecule has 3 nitrogen and oxygen atoms in total. The lowest BCUT2D eigenvalue weighted by molar-refractivity contribution is 0.0948. The zero-order valence-electron chi connectivity index (χ0n) is 6.57. The number of hydrazine groups is 1. The van der Waals surface area contributed by atoms with Gasteiger partial charge in [0, 0.05) is 0 Å². The predicted octanol–water partition coefficient (Wildman–Crippen LogP) is 1.47. The molecule has 1 rings (SSSR count). The Kier molecular flexibility index (Phi) is 3.12. The van der Waals surface area contributed by atoms with Crippen LogP contribution in [0, 0.1) is 17.5 Å². The Labute approximate surface area is 85.2 Å². The highest BCUT2D eigenvalue weighted by molar-refractivity contribution is 9.10. The summed E-state index contributed by atoms with van der Waals surface area (Å²) in [7, 11) is 0. The maximum absolute atomic E-state index is 12.9. The highest BCUT2D eigenvalue weighted by Gasteiger charge is 2.21. The number of halogens is 4. The minimum atomic E-state index is -1.72. The molecule has 0 atom stereocenters. The second-order valence-electron chi connectivity index (χ2n) is 2.32. The van der Waals surface area contributed by atoms with Crippen molar-refractivity contribution < 1.29 is 18.0 Å². The van der Waals surface area contributed by atoms with Gasteiger partial charge in [0.15, 0.2) is 17.5 Å². The summed E-state index contributed by atoms with van der Waals surface area (Å²) in [5.74, 6) is -1.02. The largest absolute Gasteiger partial charge is 0.290 e. The van der Waals surface area contributed by atoms with Crippen molar-refractivity contribution in [2.45, 2.75) is 0 Å². The molecule has 1 aromatic carbocycles. The van der Waals surface area contributed by atoms with Crippen molar-refractivity contribution in [2.75, 3.05) is 0 Å². The lowest BCUT2D eigenvalue weighted by Crippen LogP contribution is -2.31. The second kappa shape index (κ2) is 3.97. The smallest absolute Gasteiger partial charge is 0.268 e. The van der Waals surface area contributed by atoms with Crippen LogP contribution in [-0.2, 0) is 0 Å². The van der Waals surface area contributed by atoms with E-state index < -0.39 is 28.9 Å². The summed E-state index contributed by atoms with van der Waals surface area (Å²) in [5.41, 5.74) is 0.939. The predicted molar refractivity (Wildman–Crippen MR) is 45.7 cm³/mol. The lowest BCUT2D eigenvalue weighted by atomic mass is 10.2. The summed E-state index contributed by atoms with van der Waals surface area (Å²) in [6.07, 6.45) is 0. The molecule has 3 N–H and O–H groups in total. The van der Waals surface area contributed by atoms with E-state index in [9.17, 15) is 18.0 Å². The van der Waals surface area contributed by atoms with Gasteiger partial charge in [0.05, 0.1) is 10.0 Å². The summed E-state index contributed by atoms with van der Waals surface area (Å²) in [6.45, 7) is 0. The number of carbonyl (C=O) groups excluding carboxylic acids is 1. The highest BCUT2D eigenvalue weighted by atomic mass is 79.9. The third-order valence-electron chi connectivity index (χ3n) is 1.48. The molecule has 0 fully saturated rings. The van der Waals surface area contributed by atoms with Crippen molar-refractivity contribution in [3.05, 3.63) is 33.6 Å². The molecule has 14 heavy (non-hydrogen) atoms. The van der Waals surface area contributed by atoms with Gasteiger partial charge < -0.3 is 0 Å². The quantitative estimate of drug-likeness (QED) is 0.267. The Bertz CT molecular complexity index is 397. The number of hydrogen-bond acceptors (Lipinski definition) is 2. The van der Waals surface area contributed by atoms with E-state index in [0.29, 0.717) is 0 Å². The molecule has 0 saturated heterocycles. The molecular formula is C7H4BrF3N2O. The van der Waals surface area contributed by atoms with Crippen molar-refractivity contribution in [1.29, 1.82) is 0 Å². The molecule has 76 valence electrons. The fourth-order valence-electron chi connectivity index (χ4n) is 0.816. The van der Waals surface area contributed by atoms with Crippen LogP contribution in [0.15, 0.2) is 10.5 Å². The molecular weight excluding hydrogens is 265 g/mol. The molecule has 0 heterocycles. The Hall–Kier alpha value is -1.08. The van der Waals surface area contributed by atoms with Gasteiger partial charge in [-0.25, -0.2) is 19.0 Å². The molecule has 0 bridgehead atoms. The van der Waals surface area contributed by atoms with Crippen LogP contribution in [0.2, 0.25) is 0 Å². The van der Waals surface area contributed by atoms with Gasteiger partial charge in [-0.3, -0.25) is 10.2 Å². The zero-order valence-corrected chi connectivity index (χ0v) is 8.16. The Morgan fingerprint density at radius 2 is 1.86 bits per heavy atom. The van der Waals surface area contributed by atoms with Crippen molar-refractivity contribution in [1.82, 2.24) is 5.43 Å². The SMILES string of the molecule is NNC(=O)c1cc(Br)c(F)c(F)c1F. The third kappa shape index (κ3) is 1.73. The van der Waals surface area contributed by atoms with E-state index in [1.165, 1.54) is 0 Å². The number of carbonyl (C=O) groups is 1. The standard InChI is InChI=1S/C7H4BrF3N2O/c8-3-1-2(7(14)13-12)4(9)6(11)5(3)10/h1H,12H2,(H,13,14). The lowest BCUT2D eigenvalue weighted by Gasteiger charge is -2.04. The average molecular weight is 269 g/mol. The van der Waals surface area contributed by atoms with Gasteiger partial charge in [0.2, 0.25) is 0 Å². The first-order valence-electron chi connectivity index (χ1n) is 3.33. The molecule has 0 saturated carbocycles. The van der Waals surface area contributed by atoms with E-state index in [0.717, 1.165) is 6.07 Å². The molecule has 0 aliphatic rings. The van der Waals surface area contributed by atoms with Crippen molar-refractivity contribution in [2.24, 2.45) is 5.84 Å². The van der Waals surface area contributed by atoms with Crippen molar-refractivity contribution in [3.8, 4) is 0 Å². The van der Waals surface area contributed by atoms with E-state index in [1.54, 1.807) is 5.43 Å². The van der Waals surface area contributed by atoms with Crippen LogP contribution < -0.4 is 11.3 Å². The number of hydrogen-bond donors (Lipinski definition) is 2. The molecule has 0 unspecified atom stereocenters. The third-order valence-corrected chi connectivity index (χ3v) is 2.06. The highest BCUT2D eigenvalue weighted by Crippen LogP contribution is 2.23. The summed E-state index contributed by atoms with van der Waals surface area (Å²) in [5, 5.41) is 0. The molecule has 0 aliphatic carbocycles. The molecule has 1 aromatic rings. The average Bonchev–Trinajstić information content (AvgIpc) is 2.19. The van der Waals surface area contributed by atoms with Gasteiger partial charge in [-0.15, -0.1) is 0 Å². The minimum absolute atomic E-state index is 0.352. The minimum Gasteiger partial charge on any atom is -0.290 e. The van der Waals surface area contributed by atoms with Gasteiger partial charge in [-0.1, -0.05) is 0 Å². The molecule has 0 radical (unpaired) electrons. The van der Waals surface area contributed by atoms with Crippen LogP contribution >= 0.6 is 15.9 Å².